The van der Waals surface area contributed by atoms with E-state index in [2.05, 4.69) is 12.6 Å². The molecule has 0 radical (unpaired) electrons. The van der Waals surface area contributed by atoms with Crippen LogP contribution in [-0.4, -0.2) is 7.11 Å². The molecule has 58 valence electrons. The van der Waals surface area contributed by atoms with Crippen LogP contribution in [0.2, 0.25) is 0 Å². The van der Waals surface area contributed by atoms with E-state index in [1.54, 1.807) is 7.11 Å². The number of allylic oxidation sites excluding steroid dienone is 1. The largest absolute Gasteiger partial charge is 1.00 e. The fourth-order valence-corrected chi connectivity index (χ4v) is 0.803. The van der Waals surface area contributed by atoms with E-state index in [-0.39, 0.29) is 18.9 Å². The molecule has 1 aromatic carbocycles. The third-order valence-electron chi connectivity index (χ3n) is 1.50. The van der Waals surface area contributed by atoms with Gasteiger partial charge >= 0.3 is 18.9 Å². The molecular weight excluding hydrogens is 143 g/mol. The Kier molecular flexibility index (Phi) is 4.81. The number of methoxy groups -OCH3 is 1. The monoisotopic (exact) mass is 154 g/mol. The summed E-state index contributed by atoms with van der Waals surface area (Å²) in [5.74, 6) is 0.759. The summed E-state index contributed by atoms with van der Waals surface area (Å²) in [6, 6.07) is 8.71. The summed E-state index contributed by atoms with van der Waals surface area (Å²) >= 11 is 0. The average Bonchev–Trinajstić information content (AvgIpc) is 2.05. The maximum atomic E-state index is 4.96. The fourth-order valence-electron chi connectivity index (χ4n) is 0.803. The third kappa shape index (κ3) is 2.77. The molecule has 0 aliphatic rings. The smallest absolute Gasteiger partial charge is 0.523 e. The first-order chi connectivity index (χ1) is 5.24. The van der Waals surface area contributed by atoms with Crippen molar-refractivity contribution < 1.29 is 23.6 Å². The van der Waals surface area contributed by atoms with Crippen molar-refractivity contribution in [3.63, 3.8) is 0 Å². The van der Waals surface area contributed by atoms with Crippen molar-refractivity contribution in [2.45, 2.75) is 6.92 Å². The molecule has 1 nitrogen and oxygen atoms in total. The van der Waals surface area contributed by atoms with E-state index in [4.69, 9.17) is 4.74 Å². The molecule has 0 heterocycles. The van der Waals surface area contributed by atoms with Crippen molar-refractivity contribution in [3.8, 4) is 5.75 Å². The van der Waals surface area contributed by atoms with Gasteiger partial charge in [-0.15, -0.1) is 29.8 Å². The Morgan fingerprint density at radius 2 is 2.17 bits per heavy atom. The van der Waals surface area contributed by atoms with E-state index in [9.17, 15) is 0 Å². The molecule has 0 aromatic heterocycles. The summed E-state index contributed by atoms with van der Waals surface area (Å²) in [6.45, 7) is 5.79. The van der Waals surface area contributed by atoms with Crippen molar-refractivity contribution in [1.82, 2.24) is 0 Å². The van der Waals surface area contributed by atoms with E-state index in [0.717, 1.165) is 16.9 Å². The van der Waals surface area contributed by atoms with Crippen LogP contribution in [0.25, 0.3) is 5.57 Å². The molecule has 0 N–H and O–H groups in total. The van der Waals surface area contributed by atoms with Crippen LogP contribution in [0.5, 0.6) is 5.75 Å². The second-order valence-corrected chi connectivity index (χ2v) is 2.43. The molecule has 2 heteroatoms. The number of benzene rings is 1. The van der Waals surface area contributed by atoms with Crippen molar-refractivity contribution in [1.29, 1.82) is 0 Å². The zero-order valence-corrected chi connectivity index (χ0v) is 7.85. The quantitative estimate of drug-likeness (QED) is 0.413. The van der Waals surface area contributed by atoms with Crippen LogP contribution in [0.15, 0.2) is 24.8 Å². The zero-order chi connectivity index (χ0) is 8.27. The number of rotatable bonds is 2. The van der Waals surface area contributed by atoms with Crippen LogP contribution in [0.3, 0.4) is 0 Å². The summed E-state index contributed by atoms with van der Waals surface area (Å²) in [7, 11) is 1.63. The van der Waals surface area contributed by atoms with Gasteiger partial charge in [-0.05, 0) is 0 Å². The van der Waals surface area contributed by atoms with E-state index < -0.39 is 0 Å². The zero-order valence-electron chi connectivity index (χ0n) is 7.85. The average molecular weight is 154 g/mol. The van der Waals surface area contributed by atoms with Crippen LogP contribution in [0.1, 0.15) is 12.5 Å². The van der Waals surface area contributed by atoms with E-state index in [0.29, 0.717) is 0 Å². The van der Waals surface area contributed by atoms with Crippen LogP contribution in [0, 0.1) is 6.07 Å². The summed E-state index contributed by atoms with van der Waals surface area (Å²) in [5.41, 5.74) is 2.15. The molecule has 0 aliphatic carbocycles. The Balaban J connectivity index is 0.00000121. The number of hydrogen-bond acceptors (Lipinski definition) is 1. The Bertz CT molecular complexity index is 251. The molecule has 0 saturated carbocycles. The van der Waals surface area contributed by atoms with Crippen LogP contribution in [-0.2, 0) is 0 Å². The molecular formula is C10H11LiO. The molecule has 0 amide bonds. The minimum Gasteiger partial charge on any atom is -0.523 e. The minimum atomic E-state index is 0. The Hall–Kier alpha value is -0.643. The molecule has 0 fully saturated rings. The van der Waals surface area contributed by atoms with Crippen LogP contribution in [0.4, 0.5) is 0 Å². The minimum absolute atomic E-state index is 0. The number of ether oxygens (including phenoxy) is 1. The first-order valence-corrected chi connectivity index (χ1v) is 3.45. The Morgan fingerprint density at radius 1 is 1.50 bits per heavy atom. The molecule has 0 spiro atoms. The molecule has 0 saturated heterocycles. The molecule has 0 atom stereocenters. The van der Waals surface area contributed by atoms with Crippen molar-refractivity contribution >= 4 is 5.57 Å². The fraction of sp³-hybridized carbons (Fsp3) is 0.200. The first-order valence-electron chi connectivity index (χ1n) is 3.45. The molecule has 0 bridgehead atoms. The van der Waals surface area contributed by atoms with Crippen molar-refractivity contribution in [3.05, 3.63) is 36.4 Å². The van der Waals surface area contributed by atoms with E-state index in [1.807, 2.05) is 25.1 Å². The van der Waals surface area contributed by atoms with Gasteiger partial charge in [0.1, 0.15) is 0 Å². The van der Waals surface area contributed by atoms with Gasteiger partial charge in [0.05, 0.1) is 7.11 Å². The third-order valence-corrected chi connectivity index (χ3v) is 1.50. The second kappa shape index (κ2) is 5.08. The maximum absolute atomic E-state index is 4.96. The Labute approximate surface area is 85.6 Å². The van der Waals surface area contributed by atoms with E-state index >= 15 is 0 Å². The van der Waals surface area contributed by atoms with Gasteiger partial charge in [0, 0.05) is 5.75 Å². The molecule has 0 aliphatic heterocycles. The molecule has 1 rings (SSSR count). The maximum Gasteiger partial charge on any atom is 1.00 e. The van der Waals surface area contributed by atoms with Gasteiger partial charge < -0.3 is 4.74 Å². The van der Waals surface area contributed by atoms with Crippen molar-refractivity contribution in [2.24, 2.45) is 0 Å². The number of hydrogen-bond donors (Lipinski definition) is 0. The summed E-state index contributed by atoms with van der Waals surface area (Å²) in [5, 5.41) is 0. The van der Waals surface area contributed by atoms with Gasteiger partial charge in [-0.25, -0.2) is 0 Å². The molecule has 1 aromatic rings. The predicted octanol–water partition coefficient (Wildman–Crippen LogP) is -0.468. The van der Waals surface area contributed by atoms with Gasteiger partial charge in [-0.1, -0.05) is 6.92 Å². The van der Waals surface area contributed by atoms with Gasteiger partial charge in [0.25, 0.3) is 0 Å². The van der Waals surface area contributed by atoms with Crippen molar-refractivity contribution in [2.75, 3.05) is 7.11 Å². The van der Waals surface area contributed by atoms with Gasteiger partial charge in [-0.3, -0.25) is 0 Å². The Morgan fingerprint density at radius 3 is 2.50 bits per heavy atom. The van der Waals surface area contributed by atoms with Gasteiger partial charge in [0.2, 0.25) is 0 Å². The van der Waals surface area contributed by atoms with Crippen LogP contribution >= 0.6 is 0 Å². The first kappa shape index (κ1) is 11.4. The molecule has 12 heavy (non-hydrogen) atoms. The normalized spacial score (nSPS) is 8.50. The molecule has 0 unspecified atom stereocenters. The van der Waals surface area contributed by atoms with Crippen LogP contribution < -0.4 is 23.6 Å². The van der Waals surface area contributed by atoms with E-state index in [1.165, 1.54) is 0 Å². The van der Waals surface area contributed by atoms with Gasteiger partial charge in [-0.2, -0.15) is 12.1 Å². The second-order valence-electron chi connectivity index (χ2n) is 2.43. The summed E-state index contributed by atoms with van der Waals surface area (Å²) < 4.78 is 4.96. The standard InChI is InChI=1S/C10H11O.Li/c1-8(2)9-4-6-10(11-3)7-5-9;/h4-6H,1H2,2-3H3;/q-1;+1. The van der Waals surface area contributed by atoms with Gasteiger partial charge in [0.15, 0.2) is 0 Å². The predicted molar refractivity (Wildman–Crippen MR) is 46.5 cm³/mol. The SMILES string of the molecule is C=C(C)c1c[c-]c(OC)cc1.[Li+]. The summed E-state index contributed by atoms with van der Waals surface area (Å²) in [6.07, 6.45) is 0. The topological polar surface area (TPSA) is 9.23 Å². The summed E-state index contributed by atoms with van der Waals surface area (Å²) in [4.78, 5) is 0.